The van der Waals surface area contributed by atoms with Crippen molar-refractivity contribution in [1.29, 1.82) is 0 Å². The van der Waals surface area contributed by atoms with Crippen molar-refractivity contribution < 1.29 is 13.9 Å². The third-order valence-electron chi connectivity index (χ3n) is 3.79. The van der Waals surface area contributed by atoms with Gasteiger partial charge in [-0.2, -0.15) is 5.10 Å². The fourth-order valence-corrected chi connectivity index (χ4v) is 2.50. The van der Waals surface area contributed by atoms with Gasteiger partial charge in [0.05, 0.1) is 12.6 Å². The van der Waals surface area contributed by atoms with Crippen LogP contribution in [0.4, 0.5) is 0 Å². The Balaban J connectivity index is 1.83. The van der Waals surface area contributed by atoms with Crippen molar-refractivity contribution in [3.05, 3.63) is 58.2 Å². The van der Waals surface area contributed by atoms with Gasteiger partial charge in [0.15, 0.2) is 11.3 Å². The number of aromatic nitrogens is 2. The second kappa shape index (κ2) is 6.80. The van der Waals surface area contributed by atoms with Gasteiger partial charge in [0, 0.05) is 18.5 Å². The third-order valence-corrected chi connectivity index (χ3v) is 3.79. The maximum Gasteiger partial charge on any atom is 0.272 e. The summed E-state index contributed by atoms with van der Waals surface area (Å²) in [5.74, 6) is 0.901. The molecule has 1 amide bonds. The molecule has 7 heteroatoms. The summed E-state index contributed by atoms with van der Waals surface area (Å²) in [6, 6.07) is 9.87. The highest BCUT2D eigenvalue weighted by molar-refractivity contribution is 5.92. The van der Waals surface area contributed by atoms with Gasteiger partial charge in [0.1, 0.15) is 11.5 Å². The molecule has 7 nitrogen and oxygen atoms in total. The lowest BCUT2D eigenvalue weighted by molar-refractivity contribution is 0.0928. The van der Waals surface area contributed by atoms with Crippen LogP contribution < -0.4 is 15.6 Å². The molecule has 25 heavy (non-hydrogen) atoms. The van der Waals surface area contributed by atoms with Gasteiger partial charge in [0.25, 0.3) is 11.5 Å². The molecular weight excluding hydrogens is 322 g/mol. The van der Waals surface area contributed by atoms with E-state index in [-0.39, 0.29) is 23.2 Å². The fraction of sp³-hybridized carbons (Fsp3) is 0.278. The van der Waals surface area contributed by atoms with Crippen LogP contribution >= 0.6 is 0 Å². The number of nitrogens with zero attached hydrogens (tertiary/aromatic N) is 2. The number of benzene rings is 1. The third kappa shape index (κ3) is 3.40. The molecule has 3 aromatic rings. The summed E-state index contributed by atoms with van der Waals surface area (Å²) >= 11 is 0. The Morgan fingerprint density at radius 3 is 2.88 bits per heavy atom. The molecular formula is C18H19N3O4. The number of fused-ring (bicyclic) bond motifs is 1. The van der Waals surface area contributed by atoms with Crippen molar-refractivity contribution in [3.8, 4) is 5.75 Å². The fourth-order valence-electron chi connectivity index (χ4n) is 2.50. The van der Waals surface area contributed by atoms with Crippen LogP contribution in [0.1, 0.15) is 36.1 Å². The second-order valence-electron chi connectivity index (χ2n) is 5.63. The first kappa shape index (κ1) is 16.8. The summed E-state index contributed by atoms with van der Waals surface area (Å²) in [6.07, 6.45) is 0. The number of ether oxygens (including phenoxy) is 1. The number of carbonyl (C=O) groups excluding carboxylic acids is 1. The zero-order chi connectivity index (χ0) is 18.0. The highest BCUT2D eigenvalue weighted by atomic mass is 16.5. The maximum absolute atomic E-state index is 12.3. The maximum atomic E-state index is 12.3. The topological polar surface area (TPSA) is 86.4 Å². The molecule has 0 radical (unpaired) electrons. The van der Waals surface area contributed by atoms with E-state index in [4.69, 9.17) is 9.15 Å². The minimum absolute atomic E-state index is 0.167. The molecule has 0 aliphatic heterocycles. The predicted molar refractivity (Wildman–Crippen MR) is 92.7 cm³/mol. The van der Waals surface area contributed by atoms with Crippen LogP contribution in [0.2, 0.25) is 0 Å². The van der Waals surface area contributed by atoms with E-state index in [1.165, 1.54) is 19.2 Å². The van der Waals surface area contributed by atoms with Crippen LogP contribution in [0, 0.1) is 0 Å². The lowest BCUT2D eigenvalue weighted by atomic mass is 10.2. The predicted octanol–water partition coefficient (Wildman–Crippen LogP) is 2.42. The van der Waals surface area contributed by atoms with Crippen molar-refractivity contribution in [3.63, 3.8) is 0 Å². The molecule has 0 aliphatic carbocycles. The number of aryl methyl sites for hydroxylation is 1. The van der Waals surface area contributed by atoms with Gasteiger partial charge in [-0.05, 0) is 32.0 Å². The lowest BCUT2D eigenvalue weighted by Gasteiger charge is -2.11. The molecule has 1 unspecified atom stereocenters. The van der Waals surface area contributed by atoms with E-state index in [9.17, 15) is 9.59 Å². The van der Waals surface area contributed by atoms with Crippen molar-refractivity contribution in [1.82, 2.24) is 15.1 Å². The molecule has 1 atom stereocenters. The molecule has 2 aromatic heterocycles. The second-order valence-corrected chi connectivity index (χ2v) is 5.63. The first-order valence-corrected chi connectivity index (χ1v) is 8.00. The average molecular weight is 341 g/mol. The number of hydrogen-bond acceptors (Lipinski definition) is 5. The SMILES string of the molecule is CCOc1cccc2cc(C(C)NC(=O)c3ccc(=O)n(C)n3)oc12. The monoisotopic (exact) mass is 341 g/mol. The normalized spacial score (nSPS) is 12.1. The minimum Gasteiger partial charge on any atom is -0.490 e. The van der Waals surface area contributed by atoms with E-state index < -0.39 is 0 Å². The highest BCUT2D eigenvalue weighted by Gasteiger charge is 2.18. The summed E-state index contributed by atoms with van der Waals surface area (Å²) in [6.45, 7) is 4.27. The molecule has 1 N–H and O–H groups in total. The number of hydrogen-bond donors (Lipinski definition) is 1. The van der Waals surface area contributed by atoms with E-state index in [2.05, 4.69) is 10.4 Å². The molecule has 0 bridgehead atoms. The molecule has 0 aliphatic rings. The number of amides is 1. The molecule has 0 saturated carbocycles. The number of nitrogens with one attached hydrogen (secondary N) is 1. The smallest absolute Gasteiger partial charge is 0.272 e. The number of rotatable bonds is 5. The van der Waals surface area contributed by atoms with Crippen molar-refractivity contribution >= 4 is 16.9 Å². The van der Waals surface area contributed by atoms with E-state index in [1.807, 2.05) is 38.1 Å². The summed E-state index contributed by atoms with van der Waals surface area (Å²) in [5, 5.41) is 7.67. The van der Waals surface area contributed by atoms with Crippen LogP contribution in [-0.2, 0) is 7.05 Å². The van der Waals surface area contributed by atoms with Gasteiger partial charge in [-0.3, -0.25) is 9.59 Å². The molecule has 0 spiro atoms. The van der Waals surface area contributed by atoms with Crippen LogP contribution in [0.3, 0.4) is 0 Å². The average Bonchev–Trinajstić information content (AvgIpc) is 3.03. The first-order chi connectivity index (χ1) is 12.0. The van der Waals surface area contributed by atoms with Gasteiger partial charge < -0.3 is 14.5 Å². The largest absolute Gasteiger partial charge is 0.490 e. The summed E-state index contributed by atoms with van der Waals surface area (Å²) in [5.41, 5.74) is 0.547. The Kier molecular flexibility index (Phi) is 4.56. The van der Waals surface area contributed by atoms with Crippen LogP contribution in [0.5, 0.6) is 5.75 Å². The van der Waals surface area contributed by atoms with E-state index in [1.54, 1.807) is 0 Å². The van der Waals surface area contributed by atoms with Crippen molar-refractivity contribution in [2.75, 3.05) is 6.61 Å². The van der Waals surface area contributed by atoms with Gasteiger partial charge in [-0.1, -0.05) is 12.1 Å². The Bertz CT molecular complexity index is 974. The molecule has 2 heterocycles. The quantitative estimate of drug-likeness (QED) is 0.770. The number of furan rings is 1. The lowest BCUT2D eigenvalue weighted by Crippen LogP contribution is -2.30. The molecule has 1 aromatic carbocycles. The number of carbonyl (C=O) groups is 1. The van der Waals surface area contributed by atoms with Gasteiger partial charge in [0.2, 0.25) is 0 Å². The Hall–Kier alpha value is -3.09. The Morgan fingerprint density at radius 2 is 2.16 bits per heavy atom. The van der Waals surface area contributed by atoms with Gasteiger partial charge in [-0.15, -0.1) is 0 Å². The van der Waals surface area contributed by atoms with Crippen molar-refractivity contribution in [2.24, 2.45) is 7.05 Å². The summed E-state index contributed by atoms with van der Waals surface area (Å²) in [7, 11) is 1.50. The number of para-hydroxylation sites is 1. The summed E-state index contributed by atoms with van der Waals surface area (Å²) < 4.78 is 12.6. The summed E-state index contributed by atoms with van der Waals surface area (Å²) in [4.78, 5) is 23.7. The Morgan fingerprint density at radius 1 is 1.36 bits per heavy atom. The first-order valence-electron chi connectivity index (χ1n) is 8.00. The highest BCUT2D eigenvalue weighted by Crippen LogP contribution is 2.31. The zero-order valence-electron chi connectivity index (χ0n) is 14.3. The molecule has 0 fully saturated rings. The minimum atomic E-state index is -0.381. The van der Waals surface area contributed by atoms with E-state index >= 15 is 0 Å². The van der Waals surface area contributed by atoms with Crippen molar-refractivity contribution in [2.45, 2.75) is 19.9 Å². The van der Waals surface area contributed by atoms with Crippen LogP contribution in [0.15, 0.2) is 45.6 Å². The Labute approximate surface area is 144 Å². The van der Waals surface area contributed by atoms with E-state index in [0.717, 1.165) is 10.1 Å². The van der Waals surface area contributed by atoms with Gasteiger partial charge in [-0.25, -0.2) is 4.68 Å². The zero-order valence-corrected chi connectivity index (χ0v) is 14.3. The molecule has 0 saturated heterocycles. The van der Waals surface area contributed by atoms with Crippen LogP contribution in [-0.4, -0.2) is 22.3 Å². The standard InChI is InChI=1S/C18H19N3O4/c1-4-24-14-7-5-6-12-10-15(25-17(12)14)11(2)19-18(23)13-8-9-16(22)21(3)20-13/h5-11H,4H2,1-3H3,(H,19,23). The van der Waals surface area contributed by atoms with Gasteiger partial charge >= 0.3 is 0 Å². The molecule has 3 rings (SSSR count). The van der Waals surface area contributed by atoms with Crippen LogP contribution in [0.25, 0.3) is 11.0 Å². The van der Waals surface area contributed by atoms with E-state index in [0.29, 0.717) is 23.7 Å². The molecule has 130 valence electrons.